The van der Waals surface area contributed by atoms with Crippen LogP contribution < -0.4 is 15.0 Å². The summed E-state index contributed by atoms with van der Waals surface area (Å²) in [5.41, 5.74) is 0.836. The Morgan fingerprint density at radius 2 is 2.17 bits per heavy atom. The lowest BCUT2D eigenvalue weighted by molar-refractivity contribution is 0.231. The third-order valence-corrected chi connectivity index (χ3v) is 2.73. The van der Waals surface area contributed by atoms with Crippen LogP contribution in [0.5, 0.6) is 5.88 Å². The van der Waals surface area contributed by atoms with Crippen molar-refractivity contribution in [2.75, 3.05) is 31.1 Å². The third-order valence-electron chi connectivity index (χ3n) is 2.73. The largest absolute Gasteiger partial charge is 0.474 e. The van der Waals surface area contributed by atoms with Crippen molar-refractivity contribution in [2.24, 2.45) is 0 Å². The molecule has 0 amide bonds. The van der Waals surface area contributed by atoms with E-state index in [-0.39, 0.29) is 6.10 Å². The highest BCUT2D eigenvalue weighted by Crippen LogP contribution is 2.21. The summed E-state index contributed by atoms with van der Waals surface area (Å²) in [4.78, 5) is 11.0. The molecule has 2 rings (SSSR count). The molecule has 0 aliphatic carbocycles. The molecule has 1 aliphatic rings. The van der Waals surface area contributed by atoms with Crippen LogP contribution in [0.15, 0.2) is 12.8 Å². The third kappa shape index (κ3) is 2.98. The summed E-state index contributed by atoms with van der Waals surface area (Å²) in [6.45, 7) is 11.5. The number of nitrogens with zero attached hydrogens (tertiary/aromatic N) is 3. The van der Waals surface area contributed by atoms with Crippen LogP contribution in [0.3, 0.4) is 0 Å². The molecule has 2 heterocycles. The lowest BCUT2D eigenvalue weighted by Gasteiger charge is -2.27. The van der Waals surface area contributed by atoms with Gasteiger partial charge in [-0.05, 0) is 13.8 Å². The molecule has 5 nitrogen and oxygen atoms in total. The van der Waals surface area contributed by atoms with E-state index in [1.54, 1.807) is 12.3 Å². The van der Waals surface area contributed by atoms with E-state index in [4.69, 9.17) is 4.74 Å². The Hall–Kier alpha value is -1.62. The van der Waals surface area contributed by atoms with Crippen molar-refractivity contribution in [3.05, 3.63) is 18.3 Å². The fourth-order valence-electron chi connectivity index (χ4n) is 1.84. The molecule has 0 atom stereocenters. The number of nitrogens with one attached hydrogen (secondary N) is 1. The topological polar surface area (TPSA) is 50.3 Å². The number of ether oxygens (including phenoxy) is 1. The normalized spacial score (nSPS) is 15.8. The van der Waals surface area contributed by atoms with Crippen LogP contribution in [-0.4, -0.2) is 42.3 Å². The van der Waals surface area contributed by atoms with Gasteiger partial charge in [0.2, 0.25) is 11.8 Å². The van der Waals surface area contributed by atoms with Gasteiger partial charge < -0.3 is 15.0 Å². The van der Waals surface area contributed by atoms with Gasteiger partial charge in [-0.2, -0.15) is 4.98 Å². The molecule has 18 heavy (non-hydrogen) atoms. The molecule has 1 aromatic rings. The highest BCUT2D eigenvalue weighted by atomic mass is 16.5. The molecule has 0 aromatic carbocycles. The monoisotopic (exact) mass is 248 g/mol. The molecule has 5 heteroatoms. The zero-order valence-corrected chi connectivity index (χ0v) is 11.0. The summed E-state index contributed by atoms with van der Waals surface area (Å²) >= 11 is 0. The predicted molar refractivity (Wildman–Crippen MR) is 73.0 cm³/mol. The number of rotatable bonds is 4. The summed E-state index contributed by atoms with van der Waals surface area (Å²) in [7, 11) is 0. The zero-order chi connectivity index (χ0) is 13.0. The highest BCUT2D eigenvalue weighted by molar-refractivity contribution is 5.53. The number of aromatic nitrogens is 2. The minimum Gasteiger partial charge on any atom is -0.474 e. The van der Waals surface area contributed by atoms with Gasteiger partial charge in [0.05, 0.1) is 11.7 Å². The Kier molecular flexibility index (Phi) is 4.15. The van der Waals surface area contributed by atoms with Gasteiger partial charge in [-0.25, -0.2) is 4.98 Å². The van der Waals surface area contributed by atoms with Crippen LogP contribution >= 0.6 is 0 Å². The second-order valence-corrected chi connectivity index (χ2v) is 4.54. The van der Waals surface area contributed by atoms with Gasteiger partial charge in [-0.15, -0.1) is 0 Å². The van der Waals surface area contributed by atoms with Crippen molar-refractivity contribution < 1.29 is 4.74 Å². The molecule has 1 fully saturated rings. The van der Waals surface area contributed by atoms with Crippen LogP contribution in [0.1, 0.15) is 19.4 Å². The average molecular weight is 248 g/mol. The smallest absolute Gasteiger partial charge is 0.228 e. The molecule has 0 spiro atoms. The second-order valence-electron chi connectivity index (χ2n) is 4.54. The maximum absolute atomic E-state index is 5.70. The standard InChI is InChI=1S/C13H20N4O/c1-4-11-9-15-13(16-12(11)18-10(2)3)17-7-5-14-6-8-17/h4,9-10,14H,1,5-8H2,2-3H3. The molecule has 1 aliphatic heterocycles. The van der Waals surface area contributed by atoms with Crippen molar-refractivity contribution >= 4 is 12.0 Å². The van der Waals surface area contributed by atoms with Crippen molar-refractivity contribution in [1.82, 2.24) is 15.3 Å². The van der Waals surface area contributed by atoms with Gasteiger partial charge in [-0.1, -0.05) is 12.7 Å². The maximum atomic E-state index is 5.70. The molecule has 0 unspecified atom stereocenters. The first kappa shape index (κ1) is 12.8. The number of hydrogen-bond donors (Lipinski definition) is 1. The fraction of sp³-hybridized carbons (Fsp3) is 0.538. The fourth-order valence-corrected chi connectivity index (χ4v) is 1.84. The molecule has 1 N–H and O–H groups in total. The van der Waals surface area contributed by atoms with E-state index in [0.29, 0.717) is 5.88 Å². The van der Waals surface area contributed by atoms with Crippen LogP contribution in [0.2, 0.25) is 0 Å². The van der Waals surface area contributed by atoms with Gasteiger partial charge in [0.25, 0.3) is 0 Å². The summed E-state index contributed by atoms with van der Waals surface area (Å²) in [5.74, 6) is 1.35. The van der Waals surface area contributed by atoms with Crippen molar-refractivity contribution in [1.29, 1.82) is 0 Å². The first-order valence-corrected chi connectivity index (χ1v) is 6.32. The van der Waals surface area contributed by atoms with Crippen LogP contribution in [-0.2, 0) is 0 Å². The van der Waals surface area contributed by atoms with Gasteiger partial charge in [-0.3, -0.25) is 0 Å². The van der Waals surface area contributed by atoms with Gasteiger partial charge in [0.15, 0.2) is 0 Å². The minimum atomic E-state index is 0.0921. The summed E-state index contributed by atoms with van der Waals surface area (Å²) in [5, 5.41) is 3.31. The summed E-state index contributed by atoms with van der Waals surface area (Å²) in [6, 6.07) is 0. The van der Waals surface area contributed by atoms with Crippen molar-refractivity contribution in [2.45, 2.75) is 20.0 Å². The Labute approximate surface area is 108 Å². The minimum absolute atomic E-state index is 0.0921. The maximum Gasteiger partial charge on any atom is 0.228 e. The van der Waals surface area contributed by atoms with Gasteiger partial charge in [0.1, 0.15) is 0 Å². The lowest BCUT2D eigenvalue weighted by atomic mass is 10.3. The van der Waals surface area contributed by atoms with Crippen molar-refractivity contribution in [3.8, 4) is 5.88 Å². The van der Waals surface area contributed by atoms with Crippen molar-refractivity contribution in [3.63, 3.8) is 0 Å². The average Bonchev–Trinajstić information content (AvgIpc) is 2.39. The van der Waals surface area contributed by atoms with E-state index < -0.39 is 0 Å². The van der Waals surface area contributed by atoms with E-state index in [9.17, 15) is 0 Å². The molecule has 0 bridgehead atoms. The number of anilines is 1. The molecule has 0 radical (unpaired) electrons. The van der Waals surface area contributed by atoms with E-state index in [2.05, 4.69) is 26.8 Å². The second kappa shape index (κ2) is 5.82. The molecule has 0 saturated carbocycles. The predicted octanol–water partition coefficient (Wildman–Crippen LogP) is 1.32. The summed E-state index contributed by atoms with van der Waals surface area (Å²) in [6.07, 6.45) is 3.59. The van der Waals surface area contributed by atoms with Gasteiger partial charge >= 0.3 is 0 Å². The first-order chi connectivity index (χ1) is 8.70. The van der Waals surface area contributed by atoms with E-state index >= 15 is 0 Å². The van der Waals surface area contributed by atoms with E-state index in [1.165, 1.54) is 0 Å². The quantitative estimate of drug-likeness (QED) is 0.871. The molecule has 1 aromatic heterocycles. The molecule has 98 valence electrons. The number of hydrogen-bond acceptors (Lipinski definition) is 5. The van der Waals surface area contributed by atoms with Crippen LogP contribution in [0, 0.1) is 0 Å². The SMILES string of the molecule is C=Cc1cnc(N2CCNCC2)nc1OC(C)C. The van der Waals surface area contributed by atoms with E-state index in [1.807, 2.05) is 13.8 Å². The molecule has 1 saturated heterocycles. The van der Waals surface area contributed by atoms with E-state index in [0.717, 1.165) is 37.7 Å². The Morgan fingerprint density at radius 3 is 2.78 bits per heavy atom. The lowest BCUT2D eigenvalue weighted by Crippen LogP contribution is -2.44. The first-order valence-electron chi connectivity index (χ1n) is 6.32. The Bertz CT molecular complexity index is 413. The summed E-state index contributed by atoms with van der Waals surface area (Å²) < 4.78 is 5.70. The Morgan fingerprint density at radius 1 is 1.44 bits per heavy atom. The van der Waals surface area contributed by atoms with Gasteiger partial charge in [0, 0.05) is 32.4 Å². The van der Waals surface area contributed by atoms with Crippen LogP contribution in [0.4, 0.5) is 5.95 Å². The zero-order valence-electron chi connectivity index (χ0n) is 11.0. The number of piperazine rings is 1. The Balaban J connectivity index is 2.23. The highest BCUT2D eigenvalue weighted by Gasteiger charge is 2.15. The molecular weight excluding hydrogens is 228 g/mol. The molecular formula is C13H20N4O. The van der Waals surface area contributed by atoms with Crippen LogP contribution in [0.25, 0.3) is 6.08 Å².